The first-order valence-corrected chi connectivity index (χ1v) is 10.8. The molecule has 0 saturated carbocycles. The second kappa shape index (κ2) is 10.1. The number of hydrogen-bond acceptors (Lipinski definition) is 5. The minimum atomic E-state index is -0.642. The van der Waals surface area contributed by atoms with E-state index >= 15 is 0 Å². The van der Waals surface area contributed by atoms with Crippen LogP contribution in [0.25, 0.3) is 10.9 Å². The minimum absolute atomic E-state index is 0.116. The molecule has 0 fully saturated rings. The fourth-order valence-corrected chi connectivity index (χ4v) is 3.95. The molecular weight excluding hydrogens is 442 g/mol. The molecule has 0 bridgehead atoms. The van der Waals surface area contributed by atoms with Gasteiger partial charge in [0.25, 0.3) is 5.56 Å². The van der Waals surface area contributed by atoms with Gasteiger partial charge in [-0.2, -0.15) is 0 Å². The zero-order valence-corrected chi connectivity index (χ0v) is 18.7. The summed E-state index contributed by atoms with van der Waals surface area (Å²) in [6, 6.07) is 5.36. The summed E-state index contributed by atoms with van der Waals surface area (Å²) in [5.74, 6) is 2.62. The van der Waals surface area contributed by atoms with Gasteiger partial charge in [-0.3, -0.25) is 14.2 Å². The Hall–Kier alpha value is -1.82. The Morgan fingerprint density at radius 2 is 2.14 bits per heavy atom. The van der Waals surface area contributed by atoms with Crippen LogP contribution in [-0.4, -0.2) is 40.5 Å². The molecule has 0 atom stereocenters. The molecule has 0 aliphatic heterocycles. The second-order valence-electron chi connectivity index (χ2n) is 6.28. The van der Waals surface area contributed by atoms with Crippen LogP contribution in [0.3, 0.4) is 0 Å². The average Bonchev–Trinajstić information content (AvgIpc) is 2.70. The van der Waals surface area contributed by atoms with E-state index in [2.05, 4.69) is 32.2 Å². The third-order valence-corrected chi connectivity index (χ3v) is 6.06. The van der Waals surface area contributed by atoms with Crippen molar-refractivity contribution in [2.45, 2.75) is 43.9 Å². The van der Waals surface area contributed by atoms with Crippen molar-refractivity contribution < 1.29 is 9.53 Å². The lowest BCUT2D eigenvalue weighted by Gasteiger charge is -2.27. The Morgan fingerprint density at radius 1 is 1.43 bits per heavy atom. The third kappa shape index (κ3) is 5.16. The normalized spacial score (nSPS) is 11.4. The molecule has 8 heteroatoms. The van der Waals surface area contributed by atoms with E-state index in [1.807, 2.05) is 19.9 Å². The van der Waals surface area contributed by atoms with E-state index in [4.69, 9.17) is 11.2 Å². The lowest BCUT2D eigenvalue weighted by atomic mass is 9.94. The lowest BCUT2D eigenvalue weighted by molar-refractivity contribution is -0.119. The molecule has 1 amide bonds. The molecule has 0 spiro atoms. The number of hydrogen-bond donors (Lipinski definition) is 1. The summed E-state index contributed by atoms with van der Waals surface area (Å²) < 4.78 is 7.47. The number of terminal acetylenes is 1. The number of rotatable bonds is 9. The number of nitrogens with one attached hydrogen (secondary N) is 1. The van der Waals surface area contributed by atoms with E-state index in [0.29, 0.717) is 42.1 Å². The number of thioether (sulfide) groups is 1. The molecule has 2 rings (SSSR count). The summed E-state index contributed by atoms with van der Waals surface area (Å²) in [5.41, 5.74) is -0.215. The van der Waals surface area contributed by atoms with E-state index < -0.39 is 5.54 Å². The van der Waals surface area contributed by atoms with Crippen molar-refractivity contribution in [2.75, 3.05) is 19.5 Å². The van der Waals surface area contributed by atoms with Gasteiger partial charge in [-0.25, -0.2) is 4.98 Å². The smallest absolute Gasteiger partial charge is 0.262 e. The van der Waals surface area contributed by atoms with Crippen molar-refractivity contribution in [3.05, 3.63) is 33.0 Å². The highest BCUT2D eigenvalue weighted by atomic mass is 79.9. The Labute approximate surface area is 177 Å². The SMILES string of the molecule is C#CC(CC)(CC)NC(=O)CSc1nc2ccc(Br)cc2c(=O)n1CCOC. The Balaban J connectivity index is 2.30. The molecule has 1 aromatic carbocycles. The van der Waals surface area contributed by atoms with Gasteiger partial charge in [0.05, 0.1) is 29.8 Å². The van der Waals surface area contributed by atoms with Crippen LogP contribution in [0.1, 0.15) is 26.7 Å². The fourth-order valence-electron chi connectivity index (χ4n) is 2.76. The zero-order chi connectivity index (χ0) is 20.7. The largest absolute Gasteiger partial charge is 0.383 e. The monoisotopic (exact) mass is 465 g/mol. The number of aromatic nitrogens is 2. The van der Waals surface area contributed by atoms with E-state index in [-0.39, 0.29) is 17.2 Å². The molecule has 0 unspecified atom stereocenters. The van der Waals surface area contributed by atoms with Crippen molar-refractivity contribution in [3.63, 3.8) is 0 Å². The van der Waals surface area contributed by atoms with Crippen molar-refractivity contribution in [3.8, 4) is 12.3 Å². The van der Waals surface area contributed by atoms with E-state index in [0.717, 1.165) is 4.47 Å². The number of methoxy groups -OCH3 is 1. The summed E-state index contributed by atoms with van der Waals surface area (Å²) in [5, 5.41) is 3.92. The van der Waals surface area contributed by atoms with E-state index in [9.17, 15) is 9.59 Å². The van der Waals surface area contributed by atoms with Gasteiger partial charge in [0.2, 0.25) is 5.91 Å². The topological polar surface area (TPSA) is 73.2 Å². The fraction of sp³-hybridized carbons (Fsp3) is 0.450. The van der Waals surface area contributed by atoms with Crippen LogP contribution in [0.5, 0.6) is 0 Å². The maximum Gasteiger partial charge on any atom is 0.262 e. The van der Waals surface area contributed by atoms with Gasteiger partial charge < -0.3 is 10.1 Å². The van der Waals surface area contributed by atoms with Crippen LogP contribution >= 0.6 is 27.7 Å². The highest BCUT2D eigenvalue weighted by Crippen LogP contribution is 2.21. The van der Waals surface area contributed by atoms with Crippen LogP contribution in [0.2, 0.25) is 0 Å². The van der Waals surface area contributed by atoms with E-state index in [1.54, 1.807) is 23.8 Å². The third-order valence-electron chi connectivity index (χ3n) is 4.59. The van der Waals surface area contributed by atoms with E-state index in [1.165, 1.54) is 11.8 Å². The summed E-state index contributed by atoms with van der Waals surface area (Å²) >= 11 is 4.60. The quantitative estimate of drug-likeness (QED) is 0.349. The highest BCUT2D eigenvalue weighted by molar-refractivity contribution is 9.10. The van der Waals surface area contributed by atoms with Crippen molar-refractivity contribution in [1.82, 2.24) is 14.9 Å². The Kier molecular flexibility index (Phi) is 8.10. The molecular formula is C20H24BrN3O3S. The summed E-state index contributed by atoms with van der Waals surface area (Å²) in [4.78, 5) is 30.0. The van der Waals surface area contributed by atoms with Crippen LogP contribution in [-0.2, 0) is 16.1 Å². The Bertz CT molecular complexity index is 948. The zero-order valence-electron chi connectivity index (χ0n) is 16.3. The number of fused-ring (bicyclic) bond motifs is 1. The standard InChI is InChI=1S/C20H24BrN3O3S/c1-5-20(6-2,7-3)23-17(25)13-28-19-22-16-9-8-14(21)12-15(16)18(26)24(19)10-11-27-4/h1,8-9,12H,6-7,10-11,13H2,2-4H3,(H,23,25). The van der Waals surface area contributed by atoms with Crippen LogP contribution in [0.4, 0.5) is 0 Å². The summed E-state index contributed by atoms with van der Waals surface area (Å²) in [6.45, 7) is 4.62. The molecule has 0 aliphatic carbocycles. The molecule has 1 heterocycles. The maximum absolute atomic E-state index is 12.9. The number of ether oxygens (including phenoxy) is 1. The number of benzene rings is 1. The number of nitrogens with zero attached hydrogens (tertiary/aromatic N) is 2. The van der Waals surface area contributed by atoms with Crippen molar-refractivity contribution in [1.29, 1.82) is 0 Å². The number of carbonyl (C=O) groups excluding carboxylic acids is 1. The van der Waals surface area contributed by atoms with Crippen LogP contribution < -0.4 is 10.9 Å². The lowest BCUT2D eigenvalue weighted by Crippen LogP contribution is -2.47. The van der Waals surface area contributed by atoms with Crippen molar-refractivity contribution >= 4 is 44.5 Å². The number of carbonyl (C=O) groups is 1. The molecule has 150 valence electrons. The van der Waals surface area contributed by atoms with Crippen LogP contribution in [0, 0.1) is 12.3 Å². The maximum atomic E-state index is 12.9. The molecule has 0 saturated heterocycles. The first kappa shape index (κ1) is 22.5. The number of halogens is 1. The predicted octanol–water partition coefficient (Wildman–Crippen LogP) is 3.21. The van der Waals surface area contributed by atoms with Gasteiger partial charge in [0.1, 0.15) is 5.54 Å². The molecule has 0 radical (unpaired) electrons. The van der Waals surface area contributed by atoms with Gasteiger partial charge in [0.15, 0.2) is 5.16 Å². The first-order valence-electron chi connectivity index (χ1n) is 9.00. The van der Waals surface area contributed by atoms with Gasteiger partial charge in [-0.15, -0.1) is 6.42 Å². The van der Waals surface area contributed by atoms with Crippen LogP contribution in [0.15, 0.2) is 32.6 Å². The van der Waals surface area contributed by atoms with Gasteiger partial charge in [0, 0.05) is 11.6 Å². The molecule has 1 aromatic heterocycles. The van der Waals surface area contributed by atoms with Gasteiger partial charge in [-0.1, -0.05) is 47.5 Å². The molecule has 0 aliphatic rings. The van der Waals surface area contributed by atoms with Gasteiger partial charge in [-0.05, 0) is 31.0 Å². The number of amides is 1. The highest BCUT2D eigenvalue weighted by Gasteiger charge is 2.25. The molecule has 2 aromatic rings. The molecule has 1 N–H and O–H groups in total. The average molecular weight is 466 g/mol. The molecule has 6 nitrogen and oxygen atoms in total. The Morgan fingerprint density at radius 3 is 2.75 bits per heavy atom. The summed E-state index contributed by atoms with van der Waals surface area (Å²) in [6.07, 6.45) is 6.91. The summed E-state index contributed by atoms with van der Waals surface area (Å²) in [7, 11) is 1.57. The first-order chi connectivity index (χ1) is 13.4. The molecule has 28 heavy (non-hydrogen) atoms. The van der Waals surface area contributed by atoms with Gasteiger partial charge >= 0.3 is 0 Å². The predicted molar refractivity (Wildman–Crippen MR) is 117 cm³/mol. The minimum Gasteiger partial charge on any atom is -0.383 e. The second-order valence-corrected chi connectivity index (χ2v) is 8.13. The van der Waals surface area contributed by atoms with Crippen molar-refractivity contribution in [2.24, 2.45) is 0 Å².